The number of rotatable bonds is 7. The molecule has 0 radical (unpaired) electrons. The van der Waals surface area contributed by atoms with Crippen LogP contribution in [0.4, 0.5) is 5.82 Å². The Morgan fingerprint density at radius 3 is 2.49 bits per heavy atom. The number of carbonyl (C=O) groups is 1. The topological polar surface area (TPSA) is 122 Å². The van der Waals surface area contributed by atoms with Gasteiger partial charge in [0.25, 0.3) is 0 Å². The van der Waals surface area contributed by atoms with Gasteiger partial charge in [0.05, 0.1) is 11.1 Å². The van der Waals surface area contributed by atoms with Crippen LogP contribution in [0.15, 0.2) is 79.4 Å². The first kappa shape index (κ1) is 32.1. The lowest BCUT2D eigenvalue weighted by atomic mass is 9.94. The first-order valence-electron chi connectivity index (χ1n) is 15.5. The first-order valence-corrected chi connectivity index (χ1v) is 15.5. The van der Waals surface area contributed by atoms with E-state index in [9.17, 15) is 4.79 Å². The fourth-order valence-electron chi connectivity index (χ4n) is 5.83. The number of aryl methyl sites for hydroxylation is 1. The van der Waals surface area contributed by atoms with Gasteiger partial charge in [0.2, 0.25) is 0 Å². The maximum absolute atomic E-state index is 13.4. The van der Waals surface area contributed by atoms with Gasteiger partial charge in [-0.2, -0.15) is 0 Å². The minimum absolute atomic E-state index is 0.0982. The van der Waals surface area contributed by atoms with Crippen LogP contribution in [0.5, 0.6) is 5.75 Å². The zero-order valence-electron chi connectivity index (χ0n) is 26.7. The number of aromatic nitrogens is 4. The predicted octanol–water partition coefficient (Wildman–Crippen LogP) is 7.09. The summed E-state index contributed by atoms with van der Waals surface area (Å²) in [4.78, 5) is 26.9. The Morgan fingerprint density at radius 2 is 1.76 bits per heavy atom. The number of nitrogens with zero attached hydrogens (tertiary/aromatic N) is 4. The number of esters is 1. The van der Waals surface area contributed by atoms with Crippen molar-refractivity contribution in [3.8, 4) is 5.75 Å². The molecule has 0 saturated heterocycles. The lowest BCUT2D eigenvalue weighted by molar-refractivity contribution is -0.127. The van der Waals surface area contributed by atoms with Gasteiger partial charge in [-0.15, -0.1) is 0 Å². The Morgan fingerprint density at radius 1 is 1.00 bits per heavy atom. The average molecular weight is 610 g/mol. The number of hydrogen-bond donors (Lipinski definition) is 3. The van der Waals surface area contributed by atoms with Crippen LogP contribution in [-0.2, 0) is 6.42 Å². The molecule has 3 aromatic heterocycles. The molecule has 1 aliphatic carbocycles. The van der Waals surface area contributed by atoms with E-state index in [-0.39, 0.29) is 11.5 Å². The van der Waals surface area contributed by atoms with E-state index in [1.807, 2.05) is 42.6 Å². The zero-order chi connectivity index (χ0) is 32.2. The van der Waals surface area contributed by atoms with Crippen LogP contribution in [-0.4, -0.2) is 47.0 Å². The van der Waals surface area contributed by atoms with E-state index in [1.165, 1.54) is 13.8 Å². The van der Waals surface area contributed by atoms with Crippen molar-refractivity contribution in [1.29, 1.82) is 0 Å². The molecule has 2 unspecified atom stereocenters. The van der Waals surface area contributed by atoms with Crippen molar-refractivity contribution in [3.05, 3.63) is 90.5 Å². The van der Waals surface area contributed by atoms with Gasteiger partial charge >= 0.3 is 5.97 Å². The highest BCUT2D eigenvalue weighted by molar-refractivity contribution is 5.97. The summed E-state index contributed by atoms with van der Waals surface area (Å²) in [6.45, 7) is 8.95. The van der Waals surface area contributed by atoms with E-state index in [4.69, 9.17) is 19.9 Å². The van der Waals surface area contributed by atoms with E-state index in [0.29, 0.717) is 23.3 Å². The SMILES string of the molecule is CC(C)(C)Nc1ccc2cc(C(=O)Oc3ccccc3)c(CCC3CCC(n4ccc5cncnc54)C3)cc2n1.CC(C)(O)O. The Kier molecular flexibility index (Phi) is 9.51. The third-order valence-electron chi connectivity index (χ3n) is 7.70. The molecule has 3 N–H and O–H groups in total. The molecule has 0 amide bonds. The van der Waals surface area contributed by atoms with Gasteiger partial charge in [-0.05, 0) is 121 Å². The first-order chi connectivity index (χ1) is 21.3. The number of pyridine rings is 1. The second-order valence-electron chi connectivity index (χ2n) is 13.4. The lowest BCUT2D eigenvalue weighted by Gasteiger charge is -2.21. The summed E-state index contributed by atoms with van der Waals surface area (Å²) in [6.07, 6.45) is 10.8. The van der Waals surface area contributed by atoms with Crippen molar-refractivity contribution in [3.63, 3.8) is 0 Å². The van der Waals surface area contributed by atoms with Crippen LogP contribution in [0.3, 0.4) is 0 Å². The molecule has 2 atom stereocenters. The number of aliphatic hydroxyl groups is 2. The standard InChI is InChI=1S/C33H35N5O2.C3H8O2/c1-33(2,3)37-30-14-12-24-18-28(32(39)40-27-7-5-4-6-8-27)23(19-29(24)36-30)11-9-22-10-13-26(17-22)38-16-15-25-20-34-21-35-31(25)38;1-3(2,4)5/h4-8,12,14-16,18-22,26H,9-11,13,17H2,1-3H3,(H,36,37);4-5H,1-2H3. The van der Waals surface area contributed by atoms with Crippen molar-refractivity contribution >= 4 is 33.7 Å². The fourth-order valence-corrected chi connectivity index (χ4v) is 5.83. The highest BCUT2D eigenvalue weighted by atomic mass is 16.5. The van der Waals surface area contributed by atoms with Crippen LogP contribution in [0.1, 0.15) is 82.3 Å². The van der Waals surface area contributed by atoms with Crippen molar-refractivity contribution in [2.45, 2.75) is 84.1 Å². The van der Waals surface area contributed by atoms with Gasteiger partial charge in [-0.3, -0.25) is 0 Å². The molecule has 0 spiro atoms. The smallest absolute Gasteiger partial charge is 0.343 e. The molecule has 45 heavy (non-hydrogen) atoms. The van der Waals surface area contributed by atoms with E-state index in [1.54, 1.807) is 18.5 Å². The van der Waals surface area contributed by atoms with Gasteiger partial charge in [0.1, 0.15) is 23.5 Å². The summed E-state index contributed by atoms with van der Waals surface area (Å²) in [5.41, 5.74) is 3.38. The number of carbonyl (C=O) groups excluding carboxylic acids is 1. The summed E-state index contributed by atoms with van der Waals surface area (Å²) in [5.74, 6) is 0.109. The number of hydrogen-bond acceptors (Lipinski definition) is 8. The summed E-state index contributed by atoms with van der Waals surface area (Å²) in [5, 5.41) is 21.6. The second-order valence-corrected chi connectivity index (χ2v) is 13.4. The number of ether oxygens (including phenoxy) is 1. The Labute approximate surface area is 264 Å². The lowest BCUT2D eigenvalue weighted by Crippen LogP contribution is -2.26. The van der Waals surface area contributed by atoms with Gasteiger partial charge < -0.3 is 24.8 Å². The van der Waals surface area contributed by atoms with E-state index in [0.717, 1.165) is 65.4 Å². The Balaban J connectivity index is 0.000000743. The van der Waals surface area contributed by atoms with E-state index < -0.39 is 5.79 Å². The van der Waals surface area contributed by atoms with Crippen molar-refractivity contribution in [2.24, 2.45) is 5.92 Å². The Bertz CT molecular complexity index is 1750. The normalized spacial score (nSPS) is 16.8. The number of fused-ring (bicyclic) bond motifs is 2. The maximum Gasteiger partial charge on any atom is 0.343 e. The molecule has 1 fully saturated rings. The van der Waals surface area contributed by atoms with Crippen LogP contribution < -0.4 is 10.1 Å². The molecule has 2 aromatic carbocycles. The minimum Gasteiger partial charge on any atom is -0.423 e. The molecule has 0 bridgehead atoms. The predicted molar refractivity (Wildman–Crippen MR) is 177 cm³/mol. The number of nitrogens with one attached hydrogen (secondary N) is 1. The molecule has 9 nitrogen and oxygen atoms in total. The van der Waals surface area contributed by atoms with Crippen molar-refractivity contribution < 1.29 is 19.7 Å². The molecule has 1 aliphatic rings. The van der Waals surface area contributed by atoms with Crippen molar-refractivity contribution in [2.75, 3.05) is 5.32 Å². The van der Waals surface area contributed by atoms with Gasteiger partial charge in [-0.1, -0.05) is 18.2 Å². The largest absolute Gasteiger partial charge is 0.423 e. The second kappa shape index (κ2) is 13.3. The van der Waals surface area contributed by atoms with Crippen molar-refractivity contribution in [1.82, 2.24) is 19.5 Å². The molecule has 3 heterocycles. The zero-order valence-corrected chi connectivity index (χ0v) is 26.7. The molecule has 9 heteroatoms. The summed E-state index contributed by atoms with van der Waals surface area (Å²) < 4.78 is 8.08. The minimum atomic E-state index is -1.50. The summed E-state index contributed by atoms with van der Waals surface area (Å²) >= 11 is 0. The summed E-state index contributed by atoms with van der Waals surface area (Å²) in [7, 11) is 0. The van der Waals surface area contributed by atoms with Crippen LogP contribution in [0.2, 0.25) is 0 Å². The van der Waals surface area contributed by atoms with Crippen LogP contribution >= 0.6 is 0 Å². The Hall–Kier alpha value is -4.34. The molecule has 6 rings (SSSR count). The molecule has 0 aliphatic heterocycles. The quantitative estimate of drug-likeness (QED) is 0.102. The molecule has 5 aromatic rings. The van der Waals surface area contributed by atoms with Gasteiger partial charge in [0, 0.05) is 34.7 Å². The van der Waals surface area contributed by atoms with Gasteiger partial charge in [0.15, 0.2) is 5.79 Å². The van der Waals surface area contributed by atoms with E-state index in [2.05, 4.69) is 59.0 Å². The number of anilines is 1. The number of benzene rings is 2. The maximum atomic E-state index is 13.4. The highest BCUT2D eigenvalue weighted by Gasteiger charge is 2.27. The monoisotopic (exact) mass is 609 g/mol. The molecule has 236 valence electrons. The van der Waals surface area contributed by atoms with Crippen LogP contribution in [0, 0.1) is 5.92 Å². The fraction of sp³-hybridized carbons (Fsp3) is 0.389. The average Bonchev–Trinajstić information content (AvgIpc) is 3.61. The van der Waals surface area contributed by atoms with Crippen LogP contribution in [0.25, 0.3) is 21.9 Å². The number of para-hydroxylation sites is 1. The molecule has 1 saturated carbocycles. The van der Waals surface area contributed by atoms with Gasteiger partial charge in [-0.25, -0.2) is 19.7 Å². The van der Waals surface area contributed by atoms with E-state index >= 15 is 0 Å². The highest BCUT2D eigenvalue weighted by Crippen LogP contribution is 2.39. The molecular weight excluding hydrogens is 566 g/mol. The third kappa shape index (κ3) is 8.86. The molecular formula is C36H43N5O4. The summed E-state index contributed by atoms with van der Waals surface area (Å²) in [6, 6.07) is 19.8. The third-order valence-corrected chi connectivity index (χ3v) is 7.70.